The van der Waals surface area contributed by atoms with Crippen molar-refractivity contribution < 1.29 is 9.53 Å². The highest BCUT2D eigenvalue weighted by Crippen LogP contribution is 2.21. The molecule has 4 nitrogen and oxygen atoms in total. The number of ether oxygens (including phenoxy) is 1. The monoisotopic (exact) mass is 431 g/mol. The molecule has 0 bridgehead atoms. The van der Waals surface area contributed by atoms with E-state index in [-0.39, 0.29) is 16.6 Å². The van der Waals surface area contributed by atoms with Crippen molar-refractivity contribution in [3.05, 3.63) is 67.6 Å². The largest absolute Gasteiger partial charge is 0.465 e. The first-order valence-corrected chi connectivity index (χ1v) is 9.16. The molecule has 0 saturated heterocycles. The predicted octanol–water partition coefficient (Wildman–Crippen LogP) is 4.47. The van der Waals surface area contributed by atoms with E-state index in [1.54, 1.807) is 16.7 Å². The number of benzene rings is 1. The van der Waals surface area contributed by atoms with Gasteiger partial charge in [-0.2, -0.15) is 0 Å². The standard InChI is InChI=1S/C17H16BrCl2NO3/c1-24-17(23)12-6-4-11(5-7-12)3-2-8-21-15(10-18)13(19)9-14(20)16(21)22/h4-7,9H,2-3,8,10H2,1H3. The Morgan fingerprint density at radius 2 is 1.88 bits per heavy atom. The van der Waals surface area contributed by atoms with Crippen LogP contribution in [0.25, 0.3) is 0 Å². The number of carbonyl (C=O) groups excluding carboxylic acids is 1. The highest BCUT2D eigenvalue weighted by atomic mass is 79.9. The molecule has 1 heterocycles. The van der Waals surface area contributed by atoms with Gasteiger partial charge in [0.1, 0.15) is 5.02 Å². The first kappa shape index (κ1) is 19.0. The summed E-state index contributed by atoms with van der Waals surface area (Å²) in [6.07, 6.45) is 1.51. The zero-order valence-electron chi connectivity index (χ0n) is 13.0. The van der Waals surface area contributed by atoms with Crippen LogP contribution >= 0.6 is 39.1 Å². The van der Waals surface area contributed by atoms with Gasteiger partial charge in [-0.05, 0) is 36.6 Å². The first-order chi connectivity index (χ1) is 11.5. The molecular formula is C17H16BrCl2NO3. The molecule has 24 heavy (non-hydrogen) atoms. The Kier molecular flexibility index (Phi) is 6.90. The van der Waals surface area contributed by atoms with E-state index >= 15 is 0 Å². The van der Waals surface area contributed by atoms with E-state index in [4.69, 9.17) is 23.2 Å². The third-order valence-corrected chi connectivity index (χ3v) is 4.78. The second-order valence-corrected chi connectivity index (χ2v) is 6.54. The Morgan fingerprint density at radius 1 is 1.21 bits per heavy atom. The number of methoxy groups -OCH3 is 1. The Bertz CT molecular complexity index is 788. The summed E-state index contributed by atoms with van der Waals surface area (Å²) in [7, 11) is 1.35. The predicted molar refractivity (Wildman–Crippen MR) is 99.5 cm³/mol. The summed E-state index contributed by atoms with van der Waals surface area (Å²) < 4.78 is 6.27. The lowest BCUT2D eigenvalue weighted by Gasteiger charge is -2.13. The summed E-state index contributed by atoms with van der Waals surface area (Å²) in [5.41, 5.74) is 2.06. The average molecular weight is 433 g/mol. The fourth-order valence-corrected chi connectivity index (χ4v) is 3.69. The summed E-state index contributed by atoms with van der Waals surface area (Å²) in [5.74, 6) is -0.358. The Labute approximate surface area is 158 Å². The lowest BCUT2D eigenvalue weighted by molar-refractivity contribution is 0.0600. The SMILES string of the molecule is COC(=O)c1ccc(CCCn2c(CBr)c(Cl)cc(Cl)c2=O)cc1. The Balaban J connectivity index is 2.07. The number of carbonyl (C=O) groups is 1. The zero-order chi connectivity index (χ0) is 17.7. The van der Waals surface area contributed by atoms with Gasteiger partial charge in [0.2, 0.25) is 0 Å². The van der Waals surface area contributed by atoms with Crippen molar-refractivity contribution >= 4 is 45.1 Å². The minimum absolute atomic E-state index is 0.118. The molecule has 2 rings (SSSR count). The van der Waals surface area contributed by atoms with E-state index < -0.39 is 0 Å². The summed E-state index contributed by atoms with van der Waals surface area (Å²) in [4.78, 5) is 23.6. The van der Waals surface area contributed by atoms with Crippen LogP contribution in [0, 0.1) is 0 Å². The smallest absolute Gasteiger partial charge is 0.337 e. The van der Waals surface area contributed by atoms with Crippen molar-refractivity contribution in [1.82, 2.24) is 4.57 Å². The van der Waals surface area contributed by atoms with Gasteiger partial charge in [-0.3, -0.25) is 4.79 Å². The van der Waals surface area contributed by atoms with E-state index in [0.717, 1.165) is 18.4 Å². The molecule has 0 amide bonds. The van der Waals surface area contributed by atoms with Gasteiger partial charge in [-0.25, -0.2) is 4.79 Å². The number of esters is 1. The second-order valence-electron chi connectivity index (χ2n) is 5.17. The average Bonchev–Trinajstić information content (AvgIpc) is 2.59. The van der Waals surface area contributed by atoms with Crippen LogP contribution in [0.1, 0.15) is 28.0 Å². The molecule has 0 saturated carbocycles. The molecule has 1 aromatic carbocycles. The number of hydrogen-bond donors (Lipinski definition) is 0. The van der Waals surface area contributed by atoms with Crippen LogP contribution in [0.3, 0.4) is 0 Å². The number of halogens is 3. The van der Waals surface area contributed by atoms with E-state index in [9.17, 15) is 9.59 Å². The fraction of sp³-hybridized carbons (Fsp3) is 0.294. The number of hydrogen-bond acceptors (Lipinski definition) is 3. The van der Waals surface area contributed by atoms with Gasteiger partial charge in [-0.1, -0.05) is 51.3 Å². The van der Waals surface area contributed by atoms with E-state index in [2.05, 4.69) is 20.7 Å². The Morgan fingerprint density at radius 3 is 2.46 bits per heavy atom. The van der Waals surface area contributed by atoms with Crippen molar-refractivity contribution in [2.24, 2.45) is 0 Å². The number of nitrogens with zero attached hydrogens (tertiary/aromatic N) is 1. The van der Waals surface area contributed by atoms with E-state index in [1.165, 1.54) is 13.2 Å². The minimum atomic E-state index is -0.358. The molecule has 0 aliphatic heterocycles. The van der Waals surface area contributed by atoms with E-state index in [0.29, 0.717) is 28.2 Å². The van der Waals surface area contributed by atoms with Crippen LogP contribution in [0.5, 0.6) is 0 Å². The lowest BCUT2D eigenvalue weighted by Crippen LogP contribution is -2.24. The molecule has 2 aromatic rings. The Hall–Kier alpha value is -1.30. The number of aryl methyl sites for hydroxylation is 1. The van der Waals surface area contributed by atoms with Gasteiger partial charge in [0.15, 0.2) is 0 Å². The first-order valence-electron chi connectivity index (χ1n) is 7.29. The van der Waals surface area contributed by atoms with E-state index in [1.807, 2.05) is 12.1 Å². The topological polar surface area (TPSA) is 48.3 Å². The van der Waals surface area contributed by atoms with Gasteiger partial charge in [0.25, 0.3) is 5.56 Å². The zero-order valence-corrected chi connectivity index (χ0v) is 16.1. The molecule has 0 N–H and O–H groups in total. The van der Waals surface area contributed by atoms with Crippen LogP contribution in [0.4, 0.5) is 0 Å². The molecule has 7 heteroatoms. The van der Waals surface area contributed by atoms with Crippen molar-refractivity contribution in [1.29, 1.82) is 0 Å². The molecule has 0 unspecified atom stereocenters. The third kappa shape index (κ3) is 4.41. The minimum Gasteiger partial charge on any atom is -0.465 e. The van der Waals surface area contributed by atoms with Crippen molar-refractivity contribution in [3.8, 4) is 0 Å². The molecule has 0 fully saturated rings. The molecule has 0 aliphatic rings. The van der Waals surface area contributed by atoms with Gasteiger partial charge in [-0.15, -0.1) is 0 Å². The number of alkyl halides is 1. The van der Waals surface area contributed by atoms with Gasteiger partial charge in [0.05, 0.1) is 23.4 Å². The third-order valence-electron chi connectivity index (χ3n) is 3.65. The summed E-state index contributed by atoms with van der Waals surface area (Å²) in [6.45, 7) is 0.513. The van der Waals surface area contributed by atoms with Crippen LogP contribution in [-0.4, -0.2) is 17.6 Å². The van der Waals surface area contributed by atoms with Crippen molar-refractivity contribution in [2.45, 2.75) is 24.7 Å². The van der Waals surface area contributed by atoms with Crippen molar-refractivity contribution in [3.63, 3.8) is 0 Å². The van der Waals surface area contributed by atoms with Crippen LogP contribution in [0.15, 0.2) is 35.1 Å². The van der Waals surface area contributed by atoms with Gasteiger partial charge >= 0.3 is 5.97 Å². The fourth-order valence-electron chi connectivity index (χ4n) is 2.38. The molecule has 0 aliphatic carbocycles. The second kappa shape index (κ2) is 8.70. The number of pyridine rings is 1. The lowest BCUT2D eigenvalue weighted by atomic mass is 10.1. The molecule has 128 valence electrons. The molecule has 0 atom stereocenters. The number of rotatable bonds is 6. The van der Waals surface area contributed by atoms with Gasteiger partial charge < -0.3 is 9.30 Å². The quantitative estimate of drug-likeness (QED) is 0.499. The maximum atomic E-state index is 12.2. The molecule has 1 aromatic heterocycles. The molecule has 0 spiro atoms. The molecular weight excluding hydrogens is 417 g/mol. The highest BCUT2D eigenvalue weighted by molar-refractivity contribution is 9.08. The highest BCUT2D eigenvalue weighted by Gasteiger charge is 2.12. The van der Waals surface area contributed by atoms with Crippen LogP contribution < -0.4 is 5.56 Å². The maximum Gasteiger partial charge on any atom is 0.337 e. The van der Waals surface area contributed by atoms with Crippen LogP contribution in [-0.2, 0) is 23.0 Å². The maximum absolute atomic E-state index is 12.2. The van der Waals surface area contributed by atoms with Crippen molar-refractivity contribution in [2.75, 3.05) is 7.11 Å². The summed E-state index contributed by atoms with van der Waals surface area (Å²) >= 11 is 15.4. The summed E-state index contributed by atoms with van der Waals surface area (Å²) in [6, 6.07) is 8.70. The summed E-state index contributed by atoms with van der Waals surface area (Å²) in [5, 5.41) is 1.07. The number of aromatic nitrogens is 1. The van der Waals surface area contributed by atoms with Crippen LogP contribution in [0.2, 0.25) is 10.0 Å². The normalized spacial score (nSPS) is 10.7. The molecule has 0 radical (unpaired) electrons. The van der Waals surface area contributed by atoms with Gasteiger partial charge in [0, 0.05) is 11.9 Å².